The molecule has 1 aromatic carbocycles. The SMILES string of the molecule is Cn1ccc(-c2nc(N)c(F)nc2-c2cc(Cl)c3[nH]ncc3c2)n1. The second kappa shape index (κ2) is 5.27. The number of hydrogen-bond acceptors (Lipinski definition) is 5. The van der Waals surface area contributed by atoms with Crippen molar-refractivity contribution >= 4 is 28.3 Å². The van der Waals surface area contributed by atoms with Crippen molar-refractivity contribution in [1.29, 1.82) is 0 Å². The molecule has 0 saturated heterocycles. The van der Waals surface area contributed by atoms with E-state index in [2.05, 4.69) is 25.3 Å². The molecule has 120 valence electrons. The van der Waals surface area contributed by atoms with Gasteiger partial charge in [-0.3, -0.25) is 9.78 Å². The van der Waals surface area contributed by atoms with Crippen molar-refractivity contribution in [3.05, 3.63) is 41.6 Å². The van der Waals surface area contributed by atoms with Crippen molar-refractivity contribution in [2.24, 2.45) is 7.05 Å². The molecule has 4 rings (SSSR count). The summed E-state index contributed by atoms with van der Waals surface area (Å²) in [6.45, 7) is 0. The van der Waals surface area contributed by atoms with Crippen LogP contribution in [0.3, 0.4) is 0 Å². The van der Waals surface area contributed by atoms with Crippen LogP contribution in [0, 0.1) is 5.95 Å². The molecule has 0 amide bonds. The van der Waals surface area contributed by atoms with Gasteiger partial charge in [0.15, 0.2) is 5.82 Å². The number of rotatable bonds is 2. The zero-order valence-electron chi connectivity index (χ0n) is 12.5. The van der Waals surface area contributed by atoms with E-state index in [0.29, 0.717) is 33.2 Å². The topological polar surface area (TPSA) is 98.3 Å². The molecule has 9 heteroatoms. The van der Waals surface area contributed by atoms with Gasteiger partial charge in [-0.25, -0.2) is 9.97 Å². The van der Waals surface area contributed by atoms with Crippen LogP contribution in [0.2, 0.25) is 5.02 Å². The van der Waals surface area contributed by atoms with E-state index >= 15 is 0 Å². The highest BCUT2D eigenvalue weighted by atomic mass is 35.5. The normalized spacial score (nSPS) is 11.3. The first-order valence-corrected chi connectivity index (χ1v) is 7.37. The van der Waals surface area contributed by atoms with Crippen LogP contribution in [-0.4, -0.2) is 29.9 Å². The number of hydrogen-bond donors (Lipinski definition) is 2. The van der Waals surface area contributed by atoms with Crippen molar-refractivity contribution in [1.82, 2.24) is 29.9 Å². The molecule has 0 radical (unpaired) electrons. The van der Waals surface area contributed by atoms with E-state index in [1.165, 1.54) is 0 Å². The first kappa shape index (κ1) is 14.6. The lowest BCUT2D eigenvalue weighted by Crippen LogP contribution is -2.04. The third-order valence-electron chi connectivity index (χ3n) is 3.61. The highest BCUT2D eigenvalue weighted by molar-refractivity contribution is 6.35. The highest BCUT2D eigenvalue weighted by Crippen LogP contribution is 2.33. The molecule has 7 nitrogen and oxygen atoms in total. The minimum atomic E-state index is -0.840. The van der Waals surface area contributed by atoms with Crippen LogP contribution in [0.5, 0.6) is 0 Å². The fourth-order valence-corrected chi connectivity index (χ4v) is 2.77. The Morgan fingerprint density at radius 2 is 2.08 bits per heavy atom. The fraction of sp³-hybridized carbons (Fsp3) is 0.0667. The maximum atomic E-state index is 13.9. The number of aromatic amines is 1. The van der Waals surface area contributed by atoms with E-state index in [1.54, 1.807) is 42.3 Å². The number of halogens is 2. The van der Waals surface area contributed by atoms with E-state index in [-0.39, 0.29) is 5.82 Å². The molecule has 0 bridgehead atoms. The van der Waals surface area contributed by atoms with E-state index in [0.717, 1.165) is 5.39 Å². The number of anilines is 1. The molecule has 4 aromatic rings. The third-order valence-corrected chi connectivity index (χ3v) is 3.91. The quantitative estimate of drug-likeness (QED) is 0.583. The molecular formula is C15H11ClFN7. The van der Waals surface area contributed by atoms with Crippen LogP contribution in [0.1, 0.15) is 0 Å². The molecule has 24 heavy (non-hydrogen) atoms. The van der Waals surface area contributed by atoms with Crippen LogP contribution >= 0.6 is 11.6 Å². The fourth-order valence-electron chi connectivity index (χ4n) is 2.50. The molecule has 0 aliphatic rings. The number of aromatic nitrogens is 6. The summed E-state index contributed by atoms with van der Waals surface area (Å²) in [5, 5.41) is 12.3. The second-order valence-corrected chi connectivity index (χ2v) is 5.67. The Morgan fingerprint density at radius 3 is 2.83 bits per heavy atom. The molecule has 0 aliphatic heterocycles. The average Bonchev–Trinajstić information content (AvgIpc) is 3.18. The number of nitrogens with zero attached hydrogens (tertiary/aromatic N) is 5. The van der Waals surface area contributed by atoms with Crippen molar-refractivity contribution < 1.29 is 4.39 Å². The van der Waals surface area contributed by atoms with Gasteiger partial charge in [-0.2, -0.15) is 14.6 Å². The molecule has 0 saturated carbocycles. The monoisotopic (exact) mass is 343 g/mol. The number of aryl methyl sites for hydroxylation is 1. The minimum Gasteiger partial charge on any atom is -0.380 e. The van der Waals surface area contributed by atoms with Crippen molar-refractivity contribution in [2.75, 3.05) is 5.73 Å². The van der Waals surface area contributed by atoms with Crippen molar-refractivity contribution in [3.8, 4) is 22.6 Å². The lowest BCUT2D eigenvalue weighted by Gasteiger charge is -2.09. The van der Waals surface area contributed by atoms with Gasteiger partial charge in [0.05, 0.1) is 16.7 Å². The summed E-state index contributed by atoms with van der Waals surface area (Å²) in [6.07, 6.45) is 3.39. The summed E-state index contributed by atoms with van der Waals surface area (Å²) in [5.74, 6) is -1.12. The van der Waals surface area contributed by atoms with Gasteiger partial charge in [0.1, 0.15) is 17.1 Å². The Labute approximate surface area is 140 Å². The largest absolute Gasteiger partial charge is 0.380 e. The Bertz CT molecular complexity index is 1070. The van der Waals surface area contributed by atoms with Gasteiger partial charge in [-0.05, 0) is 18.2 Å². The standard InChI is InChI=1S/C15H11ClFN7/c1-24-3-2-10(23-24)13-12(20-14(17)15(18)21-13)7-4-8-6-19-22-11(8)9(16)5-7/h2-6H,1H3,(H2,18,21)(H,19,22). The van der Waals surface area contributed by atoms with E-state index in [4.69, 9.17) is 17.3 Å². The summed E-state index contributed by atoms with van der Waals surface area (Å²) in [5.41, 5.74) is 8.12. The zero-order valence-corrected chi connectivity index (χ0v) is 13.2. The van der Waals surface area contributed by atoms with E-state index in [1.807, 2.05) is 0 Å². The summed E-state index contributed by atoms with van der Waals surface area (Å²) in [6, 6.07) is 5.23. The molecule has 3 heterocycles. The molecule has 3 N–H and O–H groups in total. The smallest absolute Gasteiger partial charge is 0.256 e. The predicted molar refractivity (Wildman–Crippen MR) is 88.7 cm³/mol. The van der Waals surface area contributed by atoms with Gasteiger partial charge in [0, 0.05) is 24.2 Å². The summed E-state index contributed by atoms with van der Waals surface area (Å²) >= 11 is 6.27. The van der Waals surface area contributed by atoms with Crippen LogP contribution in [-0.2, 0) is 7.05 Å². The Hall–Kier alpha value is -3.00. The maximum absolute atomic E-state index is 13.9. The number of fused-ring (bicyclic) bond motifs is 1. The van der Waals surface area contributed by atoms with E-state index in [9.17, 15) is 4.39 Å². The van der Waals surface area contributed by atoms with Crippen LogP contribution in [0.15, 0.2) is 30.6 Å². The van der Waals surface area contributed by atoms with Gasteiger partial charge in [0.25, 0.3) is 5.95 Å². The molecule has 0 unspecified atom stereocenters. The van der Waals surface area contributed by atoms with Crippen LogP contribution < -0.4 is 5.73 Å². The lowest BCUT2D eigenvalue weighted by molar-refractivity contribution is 0.585. The number of H-pyrrole nitrogens is 1. The predicted octanol–water partition coefficient (Wildman–Crippen LogP) is 2.80. The molecule has 0 atom stereocenters. The first-order valence-electron chi connectivity index (χ1n) is 6.99. The van der Waals surface area contributed by atoms with E-state index < -0.39 is 5.95 Å². The average molecular weight is 344 g/mol. The molecular weight excluding hydrogens is 333 g/mol. The Morgan fingerprint density at radius 1 is 1.25 bits per heavy atom. The Balaban J connectivity index is 2.00. The third kappa shape index (κ3) is 2.28. The summed E-state index contributed by atoms with van der Waals surface area (Å²) < 4.78 is 15.6. The van der Waals surface area contributed by atoms with Gasteiger partial charge in [-0.15, -0.1) is 0 Å². The lowest BCUT2D eigenvalue weighted by atomic mass is 10.1. The number of nitrogens with one attached hydrogen (secondary N) is 1. The first-order chi connectivity index (χ1) is 11.5. The molecule has 3 aromatic heterocycles. The Kier molecular flexibility index (Phi) is 3.20. The van der Waals surface area contributed by atoms with Gasteiger partial charge in [0.2, 0.25) is 0 Å². The zero-order chi connectivity index (χ0) is 16.8. The molecule has 0 spiro atoms. The van der Waals surface area contributed by atoms with Gasteiger partial charge < -0.3 is 5.73 Å². The highest BCUT2D eigenvalue weighted by Gasteiger charge is 2.18. The van der Waals surface area contributed by atoms with Crippen molar-refractivity contribution in [3.63, 3.8) is 0 Å². The summed E-state index contributed by atoms with van der Waals surface area (Å²) in [4.78, 5) is 8.10. The molecule has 0 fully saturated rings. The minimum absolute atomic E-state index is 0.283. The molecule has 0 aliphatic carbocycles. The number of benzene rings is 1. The number of nitrogen functional groups attached to an aromatic ring is 1. The van der Waals surface area contributed by atoms with Crippen molar-refractivity contribution in [2.45, 2.75) is 0 Å². The maximum Gasteiger partial charge on any atom is 0.256 e. The van der Waals surface area contributed by atoms with Gasteiger partial charge in [-0.1, -0.05) is 11.6 Å². The van der Waals surface area contributed by atoms with Crippen LogP contribution in [0.4, 0.5) is 10.2 Å². The van der Waals surface area contributed by atoms with Gasteiger partial charge >= 0.3 is 0 Å². The van der Waals surface area contributed by atoms with Crippen LogP contribution in [0.25, 0.3) is 33.5 Å². The second-order valence-electron chi connectivity index (χ2n) is 5.26. The summed E-state index contributed by atoms with van der Waals surface area (Å²) in [7, 11) is 1.78. The number of nitrogens with two attached hydrogens (primary N) is 1.